The van der Waals surface area contributed by atoms with Crippen molar-refractivity contribution in [3.05, 3.63) is 35.9 Å². The summed E-state index contributed by atoms with van der Waals surface area (Å²) in [6.07, 6.45) is 1.62. The highest BCUT2D eigenvalue weighted by atomic mass is 32.2. The van der Waals surface area contributed by atoms with Gasteiger partial charge in [-0.2, -0.15) is 0 Å². The fourth-order valence-electron chi connectivity index (χ4n) is 4.17. The van der Waals surface area contributed by atoms with Crippen LogP contribution in [0.1, 0.15) is 18.4 Å². The third-order valence-corrected chi connectivity index (χ3v) is 7.26. The summed E-state index contributed by atoms with van der Waals surface area (Å²) in [5.41, 5.74) is 0.881. The summed E-state index contributed by atoms with van der Waals surface area (Å²) >= 11 is 1.55. The van der Waals surface area contributed by atoms with Crippen molar-refractivity contribution in [3.63, 3.8) is 0 Å². The first-order valence-electron chi connectivity index (χ1n) is 8.79. The Morgan fingerprint density at radius 1 is 1.27 bits per heavy atom. The highest BCUT2D eigenvalue weighted by Gasteiger charge is 2.66. The van der Waals surface area contributed by atoms with Gasteiger partial charge in [0.2, 0.25) is 11.8 Å². The van der Waals surface area contributed by atoms with Crippen LogP contribution >= 0.6 is 11.8 Å². The molecule has 0 bridgehead atoms. The van der Waals surface area contributed by atoms with Gasteiger partial charge in [-0.1, -0.05) is 30.3 Å². The number of carbonyl (C=O) groups is 3. The number of hydrogen-bond donors (Lipinski definition) is 3. The van der Waals surface area contributed by atoms with Crippen molar-refractivity contribution in [3.8, 4) is 0 Å². The molecule has 2 unspecified atom stereocenters. The zero-order chi connectivity index (χ0) is 18.3. The van der Waals surface area contributed by atoms with Crippen molar-refractivity contribution < 1.29 is 19.5 Å². The number of carboxylic acids is 1. The van der Waals surface area contributed by atoms with Gasteiger partial charge in [-0.25, -0.2) is 4.79 Å². The van der Waals surface area contributed by atoms with Crippen LogP contribution in [0, 0.1) is 0 Å². The number of piperidine rings is 1. The summed E-state index contributed by atoms with van der Waals surface area (Å²) < 4.78 is -0.462. The molecule has 3 saturated heterocycles. The third kappa shape index (κ3) is 2.77. The standard InChI is InChI=1S/C18H21N3O4S/c22-12(10-11-4-2-1-3-5-11)20-13-15(23)21-14(17(24)25)18(26-16(13)21)6-8-19-9-7-18/h1-5,13-14,16,19H,6-10H2,(H,20,22)(H,24,25)/t13?,14?,16-/m0/s1. The number of rotatable bonds is 4. The molecule has 1 spiro atoms. The zero-order valence-electron chi connectivity index (χ0n) is 14.2. The van der Waals surface area contributed by atoms with Crippen molar-refractivity contribution in [1.29, 1.82) is 0 Å². The molecule has 4 rings (SSSR count). The lowest BCUT2D eigenvalue weighted by Gasteiger charge is -2.44. The molecule has 3 fully saturated rings. The van der Waals surface area contributed by atoms with E-state index in [1.165, 1.54) is 4.90 Å². The topological polar surface area (TPSA) is 98.7 Å². The maximum absolute atomic E-state index is 12.6. The fraction of sp³-hybridized carbons (Fsp3) is 0.500. The molecule has 8 heteroatoms. The average molecular weight is 375 g/mol. The Labute approximate surface area is 155 Å². The number of nitrogens with zero attached hydrogens (tertiary/aromatic N) is 1. The molecular formula is C18H21N3O4S. The number of hydrogen-bond acceptors (Lipinski definition) is 5. The minimum Gasteiger partial charge on any atom is -0.480 e. The lowest BCUT2D eigenvalue weighted by Crippen LogP contribution is -2.71. The monoisotopic (exact) mass is 375 g/mol. The van der Waals surface area contributed by atoms with Crippen LogP contribution in [0.4, 0.5) is 0 Å². The van der Waals surface area contributed by atoms with Gasteiger partial charge in [0, 0.05) is 0 Å². The van der Waals surface area contributed by atoms with Gasteiger partial charge in [-0.15, -0.1) is 11.8 Å². The quantitative estimate of drug-likeness (QED) is 0.651. The summed E-state index contributed by atoms with van der Waals surface area (Å²) in [5.74, 6) is -1.45. The van der Waals surface area contributed by atoms with Crippen molar-refractivity contribution in [1.82, 2.24) is 15.5 Å². The number of fused-ring (bicyclic) bond motifs is 1. The highest BCUT2D eigenvalue weighted by molar-refractivity contribution is 8.01. The lowest BCUT2D eigenvalue weighted by atomic mass is 9.86. The molecule has 3 N–H and O–H groups in total. The van der Waals surface area contributed by atoms with Crippen molar-refractivity contribution >= 4 is 29.5 Å². The first-order chi connectivity index (χ1) is 12.5. The van der Waals surface area contributed by atoms with Gasteiger partial charge in [0.15, 0.2) is 0 Å². The minimum absolute atomic E-state index is 0.208. The molecule has 3 aliphatic heterocycles. The molecule has 3 heterocycles. The van der Waals surface area contributed by atoms with E-state index >= 15 is 0 Å². The van der Waals surface area contributed by atoms with Gasteiger partial charge in [-0.05, 0) is 31.5 Å². The van der Waals surface area contributed by atoms with E-state index in [9.17, 15) is 19.5 Å². The summed E-state index contributed by atoms with van der Waals surface area (Å²) in [6.45, 7) is 1.49. The predicted octanol–water partition coefficient (Wildman–Crippen LogP) is 0.204. The van der Waals surface area contributed by atoms with Crippen LogP contribution in [0.15, 0.2) is 30.3 Å². The molecule has 0 radical (unpaired) electrons. The van der Waals surface area contributed by atoms with Gasteiger partial charge < -0.3 is 20.6 Å². The van der Waals surface area contributed by atoms with E-state index in [4.69, 9.17) is 0 Å². The van der Waals surface area contributed by atoms with Gasteiger partial charge in [-0.3, -0.25) is 9.59 Å². The van der Waals surface area contributed by atoms with Crippen LogP contribution in [-0.2, 0) is 20.8 Å². The van der Waals surface area contributed by atoms with Crippen LogP contribution in [0.5, 0.6) is 0 Å². The van der Waals surface area contributed by atoms with E-state index in [0.717, 1.165) is 18.7 Å². The van der Waals surface area contributed by atoms with Crippen molar-refractivity contribution in [2.24, 2.45) is 0 Å². The predicted molar refractivity (Wildman–Crippen MR) is 96.6 cm³/mol. The minimum atomic E-state index is -0.954. The van der Waals surface area contributed by atoms with Crippen LogP contribution in [0.3, 0.4) is 0 Å². The first kappa shape index (κ1) is 17.4. The van der Waals surface area contributed by atoms with Gasteiger partial charge >= 0.3 is 5.97 Å². The molecule has 1 aromatic rings. The Bertz CT molecular complexity index is 735. The molecular weight excluding hydrogens is 354 g/mol. The Morgan fingerprint density at radius 2 is 1.96 bits per heavy atom. The normalized spacial score (nSPS) is 29.2. The number of carbonyl (C=O) groups excluding carboxylic acids is 2. The summed E-state index contributed by atoms with van der Waals surface area (Å²) in [6, 6.07) is 7.90. The van der Waals surface area contributed by atoms with Gasteiger partial charge in [0.1, 0.15) is 17.5 Å². The SMILES string of the molecule is O=C(Cc1ccccc1)NC1C(=O)N2C(C(=O)O)C3(CCNCC3)S[C@@H]12. The summed E-state index contributed by atoms with van der Waals surface area (Å²) in [7, 11) is 0. The molecule has 0 aliphatic carbocycles. The first-order valence-corrected chi connectivity index (χ1v) is 9.67. The number of thioether (sulfide) groups is 1. The van der Waals surface area contributed by atoms with Crippen LogP contribution in [0.2, 0.25) is 0 Å². The second-order valence-corrected chi connectivity index (χ2v) is 8.55. The Kier molecular flexibility index (Phi) is 4.40. The van der Waals surface area contributed by atoms with Crippen LogP contribution < -0.4 is 10.6 Å². The molecule has 7 nitrogen and oxygen atoms in total. The van der Waals surface area contributed by atoms with Gasteiger partial charge in [0.05, 0.1) is 11.2 Å². The Hall–Kier alpha value is -2.06. The smallest absolute Gasteiger partial charge is 0.327 e. The second-order valence-electron chi connectivity index (χ2n) is 7.02. The fourth-order valence-corrected chi connectivity index (χ4v) is 6.09. The Balaban J connectivity index is 1.47. The number of benzene rings is 1. The van der Waals surface area contributed by atoms with Gasteiger partial charge in [0.25, 0.3) is 0 Å². The lowest BCUT2D eigenvalue weighted by molar-refractivity contribution is -0.161. The summed E-state index contributed by atoms with van der Waals surface area (Å²) in [4.78, 5) is 38.2. The maximum atomic E-state index is 12.6. The molecule has 26 heavy (non-hydrogen) atoms. The largest absolute Gasteiger partial charge is 0.480 e. The molecule has 2 amide bonds. The number of β-lactam (4-membered cyclic amide) rings is 1. The van der Waals surface area contributed by atoms with E-state index < -0.39 is 22.8 Å². The number of nitrogens with one attached hydrogen (secondary N) is 2. The van der Waals surface area contributed by atoms with Crippen molar-refractivity contribution in [2.75, 3.05) is 13.1 Å². The molecule has 3 aliphatic rings. The summed E-state index contributed by atoms with van der Waals surface area (Å²) in [5, 5.41) is 15.5. The van der Waals surface area contributed by atoms with E-state index in [1.54, 1.807) is 11.8 Å². The molecule has 3 atom stereocenters. The van der Waals surface area contributed by atoms with Crippen LogP contribution in [-0.4, -0.2) is 63.1 Å². The molecule has 0 saturated carbocycles. The number of amides is 2. The van der Waals surface area contributed by atoms with Crippen molar-refractivity contribution in [2.45, 2.75) is 41.5 Å². The number of carboxylic acid groups (broad SMARTS) is 1. The molecule has 1 aromatic carbocycles. The highest BCUT2D eigenvalue weighted by Crippen LogP contribution is 2.54. The second kappa shape index (κ2) is 6.59. The zero-order valence-corrected chi connectivity index (χ0v) is 15.0. The van der Waals surface area contributed by atoms with E-state index in [0.29, 0.717) is 12.8 Å². The van der Waals surface area contributed by atoms with E-state index in [1.807, 2.05) is 30.3 Å². The Morgan fingerprint density at radius 3 is 2.62 bits per heavy atom. The maximum Gasteiger partial charge on any atom is 0.327 e. The third-order valence-electron chi connectivity index (χ3n) is 5.42. The van der Waals surface area contributed by atoms with E-state index in [-0.39, 0.29) is 23.6 Å². The van der Waals surface area contributed by atoms with E-state index in [2.05, 4.69) is 10.6 Å². The van der Waals surface area contributed by atoms with Crippen LogP contribution in [0.25, 0.3) is 0 Å². The average Bonchev–Trinajstić information content (AvgIpc) is 2.92. The number of aliphatic carboxylic acids is 1. The molecule has 0 aromatic heterocycles. The molecule has 138 valence electrons.